The molecule has 7 nitrogen and oxygen atoms in total. The number of rotatable bonds is 5. The SMILES string of the molecule is O=C(NCc1ccc(N2CCOCC2)cc1)c1nn(-c2ccccc2)c(=O)c2ccccc12. The Morgan fingerprint density at radius 1 is 0.848 bits per heavy atom. The molecule has 2 heterocycles. The normalized spacial score (nSPS) is 13.8. The molecule has 0 atom stereocenters. The zero-order valence-corrected chi connectivity index (χ0v) is 18.1. The second-order valence-electron chi connectivity index (χ2n) is 7.90. The second kappa shape index (κ2) is 9.26. The molecule has 7 heteroatoms. The van der Waals surface area contributed by atoms with Crippen LogP contribution in [0.25, 0.3) is 16.5 Å². The largest absolute Gasteiger partial charge is 0.378 e. The van der Waals surface area contributed by atoms with E-state index in [2.05, 4.69) is 27.4 Å². The summed E-state index contributed by atoms with van der Waals surface area (Å²) in [6.07, 6.45) is 0. The molecule has 1 N–H and O–H groups in total. The highest BCUT2D eigenvalue weighted by Gasteiger charge is 2.17. The van der Waals surface area contributed by atoms with Crippen LogP contribution in [0.1, 0.15) is 16.1 Å². The highest BCUT2D eigenvalue weighted by molar-refractivity contribution is 6.04. The first-order chi connectivity index (χ1) is 16.2. The van der Waals surface area contributed by atoms with Crippen LogP contribution in [0.5, 0.6) is 0 Å². The third kappa shape index (κ3) is 4.36. The predicted octanol–water partition coefficient (Wildman–Crippen LogP) is 3.15. The summed E-state index contributed by atoms with van der Waals surface area (Å²) in [4.78, 5) is 28.4. The molecule has 1 aromatic heterocycles. The van der Waals surface area contributed by atoms with E-state index in [0.717, 1.165) is 37.6 Å². The Morgan fingerprint density at radius 2 is 1.52 bits per heavy atom. The van der Waals surface area contributed by atoms with Crippen molar-refractivity contribution >= 4 is 22.4 Å². The minimum absolute atomic E-state index is 0.221. The zero-order chi connectivity index (χ0) is 22.6. The molecule has 0 spiro atoms. The zero-order valence-electron chi connectivity index (χ0n) is 18.1. The average molecular weight is 441 g/mol. The Labute approximate surface area is 191 Å². The molecule has 0 unspecified atom stereocenters. The summed E-state index contributed by atoms with van der Waals surface area (Å²) in [5.41, 5.74) is 2.71. The molecule has 1 aliphatic rings. The smallest absolute Gasteiger partial charge is 0.279 e. The van der Waals surface area contributed by atoms with Crippen molar-refractivity contribution in [1.82, 2.24) is 15.1 Å². The summed E-state index contributed by atoms with van der Waals surface area (Å²) in [6.45, 7) is 3.61. The van der Waals surface area contributed by atoms with Gasteiger partial charge in [0.2, 0.25) is 0 Å². The molecule has 166 valence electrons. The van der Waals surface area contributed by atoms with Gasteiger partial charge in [0.1, 0.15) is 0 Å². The van der Waals surface area contributed by atoms with E-state index in [1.807, 2.05) is 30.3 Å². The maximum atomic E-state index is 13.1. The second-order valence-corrected chi connectivity index (χ2v) is 7.90. The van der Waals surface area contributed by atoms with E-state index in [0.29, 0.717) is 23.0 Å². The van der Waals surface area contributed by atoms with E-state index in [1.165, 1.54) is 4.68 Å². The summed E-state index contributed by atoms with van der Waals surface area (Å²) in [5, 5.41) is 8.38. The predicted molar refractivity (Wildman–Crippen MR) is 128 cm³/mol. The van der Waals surface area contributed by atoms with Gasteiger partial charge in [-0.15, -0.1) is 0 Å². The molecule has 5 rings (SSSR count). The van der Waals surface area contributed by atoms with Crippen molar-refractivity contribution in [2.45, 2.75) is 6.54 Å². The molecule has 3 aromatic carbocycles. The maximum absolute atomic E-state index is 13.1. The number of carbonyl (C=O) groups excluding carboxylic acids is 1. The molecule has 0 radical (unpaired) electrons. The molecule has 33 heavy (non-hydrogen) atoms. The van der Waals surface area contributed by atoms with E-state index in [9.17, 15) is 9.59 Å². The van der Waals surface area contributed by atoms with Crippen molar-refractivity contribution in [1.29, 1.82) is 0 Å². The van der Waals surface area contributed by atoms with E-state index in [1.54, 1.807) is 36.4 Å². The number of aromatic nitrogens is 2. The number of fused-ring (bicyclic) bond motifs is 1. The molecule has 0 bridgehead atoms. The Kier molecular flexibility index (Phi) is 5.87. The van der Waals surface area contributed by atoms with Gasteiger partial charge >= 0.3 is 0 Å². The van der Waals surface area contributed by atoms with Crippen LogP contribution in [0.2, 0.25) is 0 Å². The van der Waals surface area contributed by atoms with Gasteiger partial charge in [0.25, 0.3) is 11.5 Å². The van der Waals surface area contributed by atoms with Crippen molar-refractivity contribution in [3.8, 4) is 5.69 Å². The van der Waals surface area contributed by atoms with Crippen LogP contribution in [0, 0.1) is 0 Å². The number of hydrogen-bond acceptors (Lipinski definition) is 5. The lowest BCUT2D eigenvalue weighted by Crippen LogP contribution is -2.36. The van der Waals surface area contributed by atoms with Crippen LogP contribution in [-0.2, 0) is 11.3 Å². The van der Waals surface area contributed by atoms with Crippen LogP contribution in [0.4, 0.5) is 5.69 Å². The number of morpholine rings is 1. The molecule has 1 aliphatic heterocycles. The third-order valence-corrected chi connectivity index (χ3v) is 5.79. The lowest BCUT2D eigenvalue weighted by atomic mass is 10.1. The highest BCUT2D eigenvalue weighted by Crippen LogP contribution is 2.18. The molecule has 1 amide bonds. The number of hydrogen-bond donors (Lipinski definition) is 1. The van der Waals surface area contributed by atoms with Gasteiger partial charge in [-0.1, -0.05) is 48.5 Å². The average Bonchev–Trinajstić information content (AvgIpc) is 2.89. The molecular weight excluding hydrogens is 416 g/mol. The standard InChI is InChI=1S/C26H24N4O3/c31-25(27-18-19-10-12-20(13-11-19)29-14-16-33-17-15-29)24-22-8-4-5-9-23(22)26(32)30(28-24)21-6-2-1-3-7-21/h1-13H,14-18H2,(H,27,31). The van der Waals surface area contributed by atoms with Crippen LogP contribution in [0.15, 0.2) is 83.7 Å². The number of ether oxygens (including phenoxy) is 1. The van der Waals surface area contributed by atoms with Crippen molar-refractivity contribution < 1.29 is 9.53 Å². The van der Waals surface area contributed by atoms with Crippen molar-refractivity contribution in [2.75, 3.05) is 31.2 Å². The lowest BCUT2D eigenvalue weighted by Gasteiger charge is -2.28. The fourth-order valence-electron chi connectivity index (χ4n) is 4.01. The molecular formula is C26H24N4O3. The van der Waals surface area contributed by atoms with Gasteiger partial charge in [-0.05, 0) is 35.9 Å². The summed E-state index contributed by atoms with van der Waals surface area (Å²) >= 11 is 0. The molecule has 0 aliphatic carbocycles. The first-order valence-electron chi connectivity index (χ1n) is 11.0. The topological polar surface area (TPSA) is 76.5 Å². The number of carbonyl (C=O) groups is 1. The monoisotopic (exact) mass is 440 g/mol. The fourth-order valence-corrected chi connectivity index (χ4v) is 4.01. The van der Waals surface area contributed by atoms with Gasteiger partial charge in [0.15, 0.2) is 5.69 Å². The van der Waals surface area contributed by atoms with Gasteiger partial charge in [-0.3, -0.25) is 9.59 Å². The molecule has 4 aromatic rings. The Morgan fingerprint density at radius 3 is 2.24 bits per heavy atom. The van der Waals surface area contributed by atoms with Crippen LogP contribution in [-0.4, -0.2) is 42.0 Å². The van der Waals surface area contributed by atoms with E-state index in [4.69, 9.17) is 4.74 Å². The molecule has 1 saturated heterocycles. The van der Waals surface area contributed by atoms with Crippen molar-refractivity contribution in [2.24, 2.45) is 0 Å². The van der Waals surface area contributed by atoms with Crippen LogP contribution in [0.3, 0.4) is 0 Å². The lowest BCUT2D eigenvalue weighted by molar-refractivity contribution is 0.0946. The van der Waals surface area contributed by atoms with Gasteiger partial charge in [0.05, 0.1) is 24.3 Å². The number of benzene rings is 3. The number of anilines is 1. The van der Waals surface area contributed by atoms with Crippen molar-refractivity contribution in [3.63, 3.8) is 0 Å². The van der Waals surface area contributed by atoms with Gasteiger partial charge < -0.3 is 15.0 Å². The minimum Gasteiger partial charge on any atom is -0.378 e. The summed E-state index contributed by atoms with van der Waals surface area (Å²) in [6, 6.07) is 24.3. The number of para-hydroxylation sites is 1. The quantitative estimate of drug-likeness (QED) is 0.516. The number of nitrogens with zero attached hydrogens (tertiary/aromatic N) is 3. The van der Waals surface area contributed by atoms with E-state index in [-0.39, 0.29) is 17.2 Å². The first kappa shape index (κ1) is 20.9. The summed E-state index contributed by atoms with van der Waals surface area (Å²) in [7, 11) is 0. The van der Waals surface area contributed by atoms with Crippen molar-refractivity contribution in [3.05, 3.63) is 100 Å². The summed E-state index contributed by atoms with van der Waals surface area (Å²) in [5.74, 6) is -0.326. The highest BCUT2D eigenvalue weighted by atomic mass is 16.5. The Hall–Kier alpha value is -3.97. The van der Waals surface area contributed by atoms with Gasteiger partial charge in [0, 0.05) is 30.7 Å². The van der Waals surface area contributed by atoms with E-state index < -0.39 is 0 Å². The van der Waals surface area contributed by atoms with Crippen LogP contribution < -0.4 is 15.8 Å². The Balaban J connectivity index is 1.39. The third-order valence-electron chi connectivity index (χ3n) is 5.79. The Bertz CT molecular complexity index is 1330. The maximum Gasteiger partial charge on any atom is 0.279 e. The number of nitrogens with one attached hydrogen (secondary N) is 1. The summed E-state index contributed by atoms with van der Waals surface area (Å²) < 4.78 is 6.70. The minimum atomic E-state index is -0.326. The first-order valence-corrected chi connectivity index (χ1v) is 11.0. The van der Waals surface area contributed by atoms with Crippen LogP contribution >= 0.6 is 0 Å². The van der Waals surface area contributed by atoms with E-state index >= 15 is 0 Å². The fraction of sp³-hybridized carbons (Fsp3) is 0.192. The molecule has 0 saturated carbocycles. The van der Waals surface area contributed by atoms with Gasteiger partial charge in [-0.2, -0.15) is 9.78 Å². The van der Waals surface area contributed by atoms with Gasteiger partial charge in [-0.25, -0.2) is 0 Å². The number of amides is 1. The molecule has 1 fully saturated rings.